The van der Waals surface area contributed by atoms with Gasteiger partial charge in [-0.2, -0.15) is 0 Å². The summed E-state index contributed by atoms with van der Waals surface area (Å²) in [5.74, 6) is -2.55. The zero-order chi connectivity index (χ0) is 17.3. The van der Waals surface area contributed by atoms with Crippen LogP contribution in [-0.2, 0) is 19.2 Å². The number of carboxylic acids is 1. The maximum Gasteiger partial charge on any atom is 0.325 e. The monoisotopic (exact) mass is 316 g/mol. The van der Waals surface area contributed by atoms with Gasteiger partial charge < -0.3 is 26.8 Å². The fourth-order valence-corrected chi connectivity index (χ4v) is 1.51. The van der Waals surface area contributed by atoms with Gasteiger partial charge in [-0.05, 0) is 19.3 Å². The highest BCUT2D eigenvalue weighted by Gasteiger charge is 2.17. The van der Waals surface area contributed by atoms with Crippen molar-refractivity contribution in [3.63, 3.8) is 0 Å². The Labute approximate surface area is 129 Å². The molecule has 0 aliphatic heterocycles. The molecule has 9 heteroatoms. The van der Waals surface area contributed by atoms with Crippen LogP contribution >= 0.6 is 0 Å². The van der Waals surface area contributed by atoms with Crippen LogP contribution in [0.25, 0.3) is 0 Å². The van der Waals surface area contributed by atoms with Gasteiger partial charge in [-0.15, -0.1) is 0 Å². The first-order valence-corrected chi connectivity index (χ1v) is 6.95. The van der Waals surface area contributed by atoms with Crippen molar-refractivity contribution < 1.29 is 24.3 Å². The van der Waals surface area contributed by atoms with Gasteiger partial charge >= 0.3 is 5.97 Å². The number of nitrogens with two attached hydrogens (primary N) is 1. The summed E-state index contributed by atoms with van der Waals surface area (Å²) in [7, 11) is 0. The molecule has 0 saturated carbocycles. The molecule has 0 aromatic heterocycles. The van der Waals surface area contributed by atoms with Crippen LogP contribution in [0.1, 0.15) is 27.2 Å². The molecule has 0 aliphatic rings. The molecule has 0 radical (unpaired) electrons. The van der Waals surface area contributed by atoms with Crippen molar-refractivity contribution in [2.75, 3.05) is 13.1 Å². The van der Waals surface area contributed by atoms with E-state index in [1.807, 2.05) is 13.8 Å². The molecule has 0 aromatic rings. The van der Waals surface area contributed by atoms with Crippen LogP contribution in [0.2, 0.25) is 0 Å². The molecular formula is C13H24N4O5. The fourth-order valence-electron chi connectivity index (χ4n) is 1.51. The lowest BCUT2D eigenvalue weighted by Gasteiger charge is -2.14. The molecule has 22 heavy (non-hydrogen) atoms. The lowest BCUT2D eigenvalue weighted by Crippen LogP contribution is -2.48. The summed E-state index contributed by atoms with van der Waals surface area (Å²) < 4.78 is 0. The van der Waals surface area contributed by atoms with Crippen LogP contribution in [0.4, 0.5) is 0 Å². The van der Waals surface area contributed by atoms with E-state index in [1.165, 1.54) is 6.92 Å². The van der Waals surface area contributed by atoms with E-state index in [0.717, 1.165) is 0 Å². The molecule has 2 unspecified atom stereocenters. The largest absolute Gasteiger partial charge is 0.480 e. The molecule has 0 aromatic carbocycles. The van der Waals surface area contributed by atoms with E-state index < -0.39 is 35.8 Å². The third-order valence-electron chi connectivity index (χ3n) is 2.68. The molecule has 0 heterocycles. The second-order valence-corrected chi connectivity index (χ2v) is 5.36. The summed E-state index contributed by atoms with van der Waals surface area (Å²) in [5.41, 5.74) is 5.65. The minimum Gasteiger partial charge on any atom is -0.480 e. The van der Waals surface area contributed by atoms with E-state index in [4.69, 9.17) is 10.8 Å². The van der Waals surface area contributed by atoms with Gasteiger partial charge in [0.15, 0.2) is 0 Å². The number of carboxylic acid groups (broad SMARTS) is 1. The second kappa shape index (κ2) is 9.72. The number of carbonyl (C=O) groups is 4. The Morgan fingerprint density at radius 1 is 1.00 bits per heavy atom. The Balaban J connectivity index is 3.98. The van der Waals surface area contributed by atoms with Crippen molar-refractivity contribution in [3.05, 3.63) is 0 Å². The van der Waals surface area contributed by atoms with Crippen molar-refractivity contribution in [2.45, 2.75) is 39.3 Å². The summed E-state index contributed by atoms with van der Waals surface area (Å²) >= 11 is 0. The Hall–Kier alpha value is -2.16. The maximum absolute atomic E-state index is 11.6. The van der Waals surface area contributed by atoms with E-state index in [9.17, 15) is 19.2 Å². The van der Waals surface area contributed by atoms with Gasteiger partial charge in [0.25, 0.3) is 0 Å². The molecule has 6 N–H and O–H groups in total. The molecule has 2 atom stereocenters. The van der Waals surface area contributed by atoms with Crippen LogP contribution in [0, 0.1) is 5.92 Å². The van der Waals surface area contributed by atoms with Gasteiger partial charge in [-0.25, -0.2) is 0 Å². The summed E-state index contributed by atoms with van der Waals surface area (Å²) in [4.78, 5) is 44.9. The van der Waals surface area contributed by atoms with Crippen LogP contribution in [0.3, 0.4) is 0 Å². The topological polar surface area (TPSA) is 151 Å². The predicted molar refractivity (Wildman–Crippen MR) is 78.7 cm³/mol. The standard InChI is InChI=1S/C13H24N4O5/c1-7(2)4-9(14)12(20)16-5-10(18)15-6-11(19)17-8(3)13(21)22/h7-9H,4-6,14H2,1-3H3,(H,15,18)(H,16,20)(H,17,19)(H,21,22). The SMILES string of the molecule is CC(C)CC(N)C(=O)NCC(=O)NCC(=O)NC(C)C(=O)O. The highest BCUT2D eigenvalue weighted by molar-refractivity contribution is 5.90. The molecule has 0 saturated heterocycles. The van der Waals surface area contributed by atoms with Crippen LogP contribution in [-0.4, -0.2) is 54.0 Å². The smallest absolute Gasteiger partial charge is 0.325 e. The number of carbonyl (C=O) groups excluding carboxylic acids is 3. The van der Waals surface area contributed by atoms with Crippen molar-refractivity contribution in [3.8, 4) is 0 Å². The molecular weight excluding hydrogens is 292 g/mol. The number of aliphatic carboxylic acids is 1. The van der Waals surface area contributed by atoms with Gasteiger partial charge in [-0.3, -0.25) is 19.2 Å². The van der Waals surface area contributed by atoms with Crippen LogP contribution in [0.15, 0.2) is 0 Å². The first kappa shape index (κ1) is 19.8. The van der Waals surface area contributed by atoms with E-state index in [1.54, 1.807) is 0 Å². The van der Waals surface area contributed by atoms with Gasteiger partial charge in [0.2, 0.25) is 17.7 Å². The summed E-state index contributed by atoms with van der Waals surface area (Å²) in [6, 6.07) is -1.73. The van der Waals surface area contributed by atoms with Crippen molar-refractivity contribution in [2.24, 2.45) is 11.7 Å². The molecule has 126 valence electrons. The van der Waals surface area contributed by atoms with E-state index in [2.05, 4.69) is 16.0 Å². The Bertz CT molecular complexity index is 425. The number of hydrogen-bond donors (Lipinski definition) is 5. The number of nitrogens with one attached hydrogen (secondary N) is 3. The summed E-state index contributed by atoms with van der Waals surface area (Å²) in [6.07, 6.45) is 0.503. The molecule has 9 nitrogen and oxygen atoms in total. The second-order valence-electron chi connectivity index (χ2n) is 5.36. The number of amides is 3. The average Bonchev–Trinajstić information content (AvgIpc) is 2.41. The Morgan fingerprint density at radius 3 is 2.05 bits per heavy atom. The lowest BCUT2D eigenvalue weighted by molar-refractivity contribution is -0.141. The summed E-state index contributed by atoms with van der Waals surface area (Å²) in [6.45, 7) is 4.49. The van der Waals surface area contributed by atoms with Crippen LogP contribution < -0.4 is 21.7 Å². The third kappa shape index (κ3) is 8.90. The lowest BCUT2D eigenvalue weighted by atomic mass is 10.0. The predicted octanol–water partition coefficient (Wildman–Crippen LogP) is -1.82. The zero-order valence-corrected chi connectivity index (χ0v) is 13.0. The Morgan fingerprint density at radius 2 is 1.55 bits per heavy atom. The first-order valence-electron chi connectivity index (χ1n) is 6.95. The van der Waals surface area contributed by atoms with Crippen molar-refractivity contribution >= 4 is 23.7 Å². The normalized spacial score (nSPS) is 13.1. The van der Waals surface area contributed by atoms with E-state index in [-0.39, 0.29) is 19.0 Å². The summed E-state index contributed by atoms with van der Waals surface area (Å²) in [5, 5.41) is 15.4. The highest BCUT2D eigenvalue weighted by Crippen LogP contribution is 2.02. The minimum atomic E-state index is -1.17. The third-order valence-corrected chi connectivity index (χ3v) is 2.68. The van der Waals surface area contributed by atoms with Gasteiger partial charge in [0.1, 0.15) is 6.04 Å². The fraction of sp³-hybridized carbons (Fsp3) is 0.692. The first-order chi connectivity index (χ1) is 10.1. The van der Waals surface area contributed by atoms with Gasteiger partial charge in [0, 0.05) is 0 Å². The van der Waals surface area contributed by atoms with Gasteiger partial charge in [-0.1, -0.05) is 13.8 Å². The molecule has 0 bridgehead atoms. The van der Waals surface area contributed by atoms with Crippen molar-refractivity contribution in [1.82, 2.24) is 16.0 Å². The maximum atomic E-state index is 11.6. The van der Waals surface area contributed by atoms with Crippen molar-refractivity contribution in [1.29, 1.82) is 0 Å². The zero-order valence-electron chi connectivity index (χ0n) is 13.0. The number of hydrogen-bond acceptors (Lipinski definition) is 5. The molecule has 0 aliphatic carbocycles. The molecule has 0 spiro atoms. The van der Waals surface area contributed by atoms with Gasteiger partial charge in [0.05, 0.1) is 19.1 Å². The highest BCUT2D eigenvalue weighted by atomic mass is 16.4. The number of rotatable bonds is 9. The van der Waals surface area contributed by atoms with E-state index >= 15 is 0 Å². The molecule has 0 rings (SSSR count). The average molecular weight is 316 g/mol. The Kier molecular flexibility index (Phi) is 8.76. The molecule has 3 amide bonds. The van der Waals surface area contributed by atoms with Crippen LogP contribution in [0.5, 0.6) is 0 Å². The minimum absolute atomic E-state index is 0.259. The van der Waals surface area contributed by atoms with E-state index in [0.29, 0.717) is 6.42 Å². The molecule has 0 fully saturated rings. The quantitative estimate of drug-likeness (QED) is 0.338.